The summed E-state index contributed by atoms with van der Waals surface area (Å²) in [5.74, 6) is -2.10. The van der Waals surface area contributed by atoms with Gasteiger partial charge < -0.3 is 19.6 Å². The van der Waals surface area contributed by atoms with Crippen LogP contribution >= 0.6 is 0 Å². The zero-order chi connectivity index (χ0) is 14.9. The van der Waals surface area contributed by atoms with Gasteiger partial charge in [-0.2, -0.15) is 0 Å². The summed E-state index contributed by atoms with van der Waals surface area (Å²) in [5.41, 5.74) is -0.698. The van der Waals surface area contributed by atoms with Gasteiger partial charge in [-0.25, -0.2) is 9.59 Å². The Bertz CT molecular complexity index is 455. The van der Waals surface area contributed by atoms with Crippen LogP contribution < -0.4 is 5.32 Å². The van der Waals surface area contributed by atoms with E-state index in [0.29, 0.717) is 0 Å². The number of rotatable bonds is 3. The number of likely N-dealkylation sites (tertiary alicyclic amines) is 1. The van der Waals surface area contributed by atoms with Crippen molar-refractivity contribution in [2.45, 2.75) is 12.5 Å². The van der Waals surface area contributed by atoms with Gasteiger partial charge in [-0.1, -0.05) is 0 Å². The number of carboxylic acids is 1. The van der Waals surface area contributed by atoms with Crippen LogP contribution in [0, 0.1) is 0 Å². The lowest BCUT2D eigenvalue weighted by molar-refractivity contribution is -0.160. The number of imide groups is 1. The summed E-state index contributed by atoms with van der Waals surface area (Å²) in [6.45, 7) is 1.41. The SMILES string of the molecule is CC1(OCC(=O)O)CN(C(=O)N2CC(=O)NC(=O)C2)C1. The molecule has 20 heavy (non-hydrogen) atoms. The van der Waals surface area contributed by atoms with Crippen molar-refractivity contribution in [3.05, 3.63) is 0 Å². The zero-order valence-electron chi connectivity index (χ0n) is 10.9. The zero-order valence-corrected chi connectivity index (χ0v) is 10.9. The van der Waals surface area contributed by atoms with Crippen LogP contribution in [0.4, 0.5) is 4.79 Å². The van der Waals surface area contributed by atoms with Crippen molar-refractivity contribution in [1.29, 1.82) is 0 Å². The Morgan fingerprint density at radius 3 is 2.30 bits per heavy atom. The first-order valence-corrected chi connectivity index (χ1v) is 6.01. The van der Waals surface area contributed by atoms with E-state index in [1.807, 2.05) is 0 Å². The van der Waals surface area contributed by atoms with Crippen LogP contribution in [-0.4, -0.2) is 77.1 Å². The fraction of sp³-hybridized carbons (Fsp3) is 0.636. The van der Waals surface area contributed by atoms with Crippen molar-refractivity contribution < 1.29 is 29.0 Å². The summed E-state index contributed by atoms with van der Waals surface area (Å²) in [7, 11) is 0. The first-order valence-electron chi connectivity index (χ1n) is 6.01. The van der Waals surface area contributed by atoms with Crippen molar-refractivity contribution in [3.63, 3.8) is 0 Å². The number of hydrogen-bond donors (Lipinski definition) is 2. The minimum Gasteiger partial charge on any atom is -0.480 e. The van der Waals surface area contributed by atoms with Gasteiger partial charge in [0.05, 0.1) is 13.1 Å². The van der Waals surface area contributed by atoms with E-state index in [1.165, 1.54) is 4.90 Å². The summed E-state index contributed by atoms with van der Waals surface area (Å²) in [6, 6.07) is -0.426. The van der Waals surface area contributed by atoms with Crippen LogP contribution in [0.2, 0.25) is 0 Å². The summed E-state index contributed by atoms with van der Waals surface area (Å²) in [6.07, 6.45) is 0. The van der Waals surface area contributed by atoms with Gasteiger partial charge in [0.2, 0.25) is 11.8 Å². The smallest absolute Gasteiger partial charge is 0.329 e. The number of nitrogens with zero attached hydrogens (tertiary/aromatic N) is 2. The van der Waals surface area contributed by atoms with Crippen molar-refractivity contribution >= 4 is 23.8 Å². The van der Waals surface area contributed by atoms with E-state index in [4.69, 9.17) is 9.84 Å². The Kier molecular flexibility index (Phi) is 3.62. The van der Waals surface area contributed by atoms with Gasteiger partial charge >= 0.3 is 12.0 Å². The lowest BCUT2D eigenvalue weighted by atomic mass is 9.97. The molecular formula is C11H15N3O6. The normalized spacial score (nSPS) is 21.2. The van der Waals surface area contributed by atoms with Gasteiger partial charge in [0.15, 0.2) is 0 Å². The maximum absolute atomic E-state index is 12.0. The van der Waals surface area contributed by atoms with Crippen LogP contribution in [0.25, 0.3) is 0 Å². The molecule has 0 unspecified atom stereocenters. The van der Waals surface area contributed by atoms with Crippen molar-refractivity contribution in [2.24, 2.45) is 0 Å². The second-order valence-electron chi connectivity index (χ2n) is 5.10. The molecule has 0 aromatic heterocycles. The largest absolute Gasteiger partial charge is 0.480 e. The number of carbonyl (C=O) groups is 4. The van der Waals surface area contributed by atoms with Crippen molar-refractivity contribution in [1.82, 2.24) is 15.1 Å². The first kappa shape index (κ1) is 14.3. The average Bonchev–Trinajstić information content (AvgIpc) is 2.31. The Labute approximate surface area is 114 Å². The number of urea groups is 1. The standard InChI is InChI=1S/C11H15N3O6/c1-11(20-4-9(17)18)5-14(6-11)10(19)13-2-7(15)12-8(16)3-13/h2-6H2,1H3,(H,17,18)(H,12,15,16). The second kappa shape index (κ2) is 5.08. The fourth-order valence-corrected chi connectivity index (χ4v) is 2.20. The molecule has 2 saturated heterocycles. The molecule has 2 N–H and O–H groups in total. The predicted molar refractivity (Wildman–Crippen MR) is 63.7 cm³/mol. The highest BCUT2D eigenvalue weighted by atomic mass is 16.5. The van der Waals surface area contributed by atoms with Gasteiger partial charge in [0.1, 0.15) is 25.3 Å². The monoisotopic (exact) mass is 285 g/mol. The van der Waals surface area contributed by atoms with E-state index < -0.39 is 36.0 Å². The Morgan fingerprint density at radius 1 is 1.25 bits per heavy atom. The maximum atomic E-state index is 12.0. The molecule has 2 fully saturated rings. The first-order chi connectivity index (χ1) is 9.29. The molecule has 0 spiro atoms. The van der Waals surface area contributed by atoms with Crippen LogP contribution in [0.1, 0.15) is 6.92 Å². The third kappa shape index (κ3) is 3.05. The molecule has 2 heterocycles. The highest BCUT2D eigenvalue weighted by Gasteiger charge is 2.45. The van der Waals surface area contributed by atoms with Gasteiger partial charge in [-0.15, -0.1) is 0 Å². The Balaban J connectivity index is 1.85. The molecule has 9 nitrogen and oxygen atoms in total. The summed E-state index contributed by atoms with van der Waals surface area (Å²) in [5, 5.41) is 10.6. The van der Waals surface area contributed by atoms with Gasteiger partial charge in [0.25, 0.3) is 0 Å². The molecule has 0 aromatic rings. The molecule has 0 bridgehead atoms. The van der Waals surface area contributed by atoms with Crippen LogP contribution in [0.5, 0.6) is 0 Å². The molecule has 110 valence electrons. The van der Waals surface area contributed by atoms with Gasteiger partial charge in [-0.3, -0.25) is 14.9 Å². The van der Waals surface area contributed by atoms with Crippen LogP contribution in [0.3, 0.4) is 0 Å². The number of amides is 4. The second-order valence-corrected chi connectivity index (χ2v) is 5.10. The van der Waals surface area contributed by atoms with E-state index >= 15 is 0 Å². The number of carboxylic acid groups (broad SMARTS) is 1. The molecule has 2 rings (SSSR count). The Morgan fingerprint density at radius 2 is 1.80 bits per heavy atom. The number of carbonyl (C=O) groups excluding carboxylic acids is 3. The van der Waals surface area contributed by atoms with E-state index in [0.717, 1.165) is 4.90 Å². The number of hydrogen-bond acceptors (Lipinski definition) is 5. The number of aliphatic carboxylic acids is 1. The molecule has 4 amide bonds. The van der Waals surface area contributed by atoms with Gasteiger partial charge in [-0.05, 0) is 6.92 Å². The number of piperazine rings is 1. The minimum absolute atomic E-state index is 0.159. The van der Waals surface area contributed by atoms with E-state index in [2.05, 4.69) is 5.32 Å². The molecular weight excluding hydrogens is 270 g/mol. The quantitative estimate of drug-likeness (QED) is 0.593. The lowest BCUT2D eigenvalue weighted by Gasteiger charge is -2.48. The third-order valence-electron chi connectivity index (χ3n) is 3.08. The number of ether oxygens (including phenoxy) is 1. The van der Waals surface area contributed by atoms with E-state index in [9.17, 15) is 19.2 Å². The average molecular weight is 285 g/mol. The van der Waals surface area contributed by atoms with E-state index in [1.54, 1.807) is 6.92 Å². The molecule has 0 radical (unpaired) electrons. The maximum Gasteiger partial charge on any atom is 0.329 e. The fourth-order valence-electron chi connectivity index (χ4n) is 2.20. The topological polar surface area (TPSA) is 116 Å². The summed E-state index contributed by atoms with van der Waals surface area (Å²) in [4.78, 5) is 47.4. The highest BCUT2D eigenvalue weighted by Crippen LogP contribution is 2.25. The third-order valence-corrected chi connectivity index (χ3v) is 3.08. The predicted octanol–water partition coefficient (Wildman–Crippen LogP) is -1.76. The molecule has 0 saturated carbocycles. The van der Waals surface area contributed by atoms with Crippen molar-refractivity contribution in [2.75, 3.05) is 32.8 Å². The molecule has 0 aliphatic carbocycles. The highest BCUT2D eigenvalue weighted by molar-refractivity contribution is 6.02. The molecule has 2 aliphatic rings. The van der Waals surface area contributed by atoms with Crippen molar-refractivity contribution in [3.8, 4) is 0 Å². The lowest BCUT2D eigenvalue weighted by Crippen LogP contribution is -2.67. The van der Waals surface area contributed by atoms with E-state index in [-0.39, 0.29) is 26.2 Å². The Hall–Kier alpha value is -2.16. The molecule has 0 atom stereocenters. The van der Waals surface area contributed by atoms with Gasteiger partial charge in [0, 0.05) is 0 Å². The summed E-state index contributed by atoms with van der Waals surface area (Å²) < 4.78 is 5.18. The molecule has 0 aromatic carbocycles. The minimum atomic E-state index is -1.07. The van der Waals surface area contributed by atoms with Crippen LogP contribution in [0.15, 0.2) is 0 Å². The molecule has 2 aliphatic heterocycles. The van der Waals surface area contributed by atoms with Crippen LogP contribution in [-0.2, 0) is 19.1 Å². The number of nitrogens with one attached hydrogen (secondary N) is 1. The molecule has 9 heteroatoms. The summed E-state index contributed by atoms with van der Waals surface area (Å²) >= 11 is 0.